The number of piperidine rings is 1. The van der Waals surface area contributed by atoms with Gasteiger partial charge in [-0.25, -0.2) is 4.79 Å². The maximum absolute atomic E-state index is 13.6. The smallest absolute Gasteiger partial charge is 0.328 e. The number of aromatic nitrogens is 1. The minimum atomic E-state index is -1.12. The molecule has 34 heavy (non-hydrogen) atoms. The van der Waals surface area contributed by atoms with Gasteiger partial charge >= 0.3 is 5.97 Å². The molecule has 0 saturated carbocycles. The number of methoxy groups -OCH3 is 2. The van der Waals surface area contributed by atoms with Crippen LogP contribution in [0.3, 0.4) is 0 Å². The fourth-order valence-corrected chi connectivity index (χ4v) is 4.56. The van der Waals surface area contributed by atoms with E-state index in [1.807, 2.05) is 42.6 Å². The molecule has 0 spiro atoms. The molecule has 0 unspecified atom stereocenters. The van der Waals surface area contributed by atoms with Crippen LogP contribution in [0.1, 0.15) is 30.9 Å². The van der Waals surface area contributed by atoms with Crippen molar-refractivity contribution >= 4 is 28.7 Å². The van der Waals surface area contributed by atoms with E-state index < -0.39 is 17.6 Å². The standard InChI is InChI=1S/C26H29N3O5/c1-26(28-23(30)14-18-15-27-21-7-5-4-6-20(18)21)13-12-22(24(31)34-3)29(25(26)32)16-17-8-10-19(33-2)11-9-17/h4-11,15,22,27H,12-14,16H2,1-3H3,(H,28,30)/t22-,26-/m0/s1. The Bertz CT molecular complexity index is 1200. The van der Waals surface area contributed by atoms with Gasteiger partial charge in [-0.05, 0) is 49.1 Å². The van der Waals surface area contributed by atoms with Crippen LogP contribution in [0.5, 0.6) is 5.75 Å². The van der Waals surface area contributed by atoms with Gasteiger partial charge < -0.3 is 24.7 Å². The third-order valence-electron chi connectivity index (χ3n) is 6.45. The number of amides is 2. The fourth-order valence-electron chi connectivity index (χ4n) is 4.56. The van der Waals surface area contributed by atoms with Crippen LogP contribution in [-0.2, 0) is 32.1 Å². The Morgan fingerprint density at radius 3 is 2.59 bits per heavy atom. The molecule has 8 nitrogen and oxygen atoms in total. The van der Waals surface area contributed by atoms with Crippen LogP contribution in [0.15, 0.2) is 54.7 Å². The van der Waals surface area contributed by atoms with Crippen LogP contribution in [0, 0.1) is 0 Å². The molecule has 2 amide bonds. The van der Waals surface area contributed by atoms with Crippen molar-refractivity contribution < 1.29 is 23.9 Å². The lowest BCUT2D eigenvalue weighted by Gasteiger charge is -2.43. The maximum Gasteiger partial charge on any atom is 0.328 e. The third kappa shape index (κ3) is 4.62. The number of aromatic amines is 1. The van der Waals surface area contributed by atoms with Crippen LogP contribution in [0.25, 0.3) is 10.9 Å². The molecule has 178 valence electrons. The largest absolute Gasteiger partial charge is 0.497 e. The molecule has 4 rings (SSSR count). The molecular formula is C26H29N3O5. The molecule has 0 aliphatic carbocycles. The lowest BCUT2D eigenvalue weighted by molar-refractivity contribution is -0.161. The zero-order valence-electron chi connectivity index (χ0n) is 19.6. The first kappa shape index (κ1) is 23.4. The highest BCUT2D eigenvalue weighted by Crippen LogP contribution is 2.30. The molecule has 2 aromatic carbocycles. The van der Waals surface area contributed by atoms with Crippen molar-refractivity contribution in [1.82, 2.24) is 15.2 Å². The molecule has 8 heteroatoms. The second-order valence-corrected chi connectivity index (χ2v) is 8.78. The van der Waals surface area contributed by atoms with Crippen LogP contribution in [-0.4, -0.2) is 53.5 Å². The van der Waals surface area contributed by atoms with Crippen LogP contribution in [0.2, 0.25) is 0 Å². The summed E-state index contributed by atoms with van der Waals surface area (Å²) in [6.07, 6.45) is 2.69. The summed E-state index contributed by atoms with van der Waals surface area (Å²) in [6, 6.07) is 14.4. The minimum absolute atomic E-state index is 0.145. The van der Waals surface area contributed by atoms with E-state index >= 15 is 0 Å². The number of hydrogen-bond acceptors (Lipinski definition) is 5. The quantitative estimate of drug-likeness (QED) is 0.525. The number of nitrogens with zero attached hydrogens (tertiary/aromatic N) is 1. The van der Waals surface area contributed by atoms with Crippen LogP contribution >= 0.6 is 0 Å². The highest BCUT2D eigenvalue weighted by Gasteiger charge is 2.47. The summed E-state index contributed by atoms with van der Waals surface area (Å²) in [7, 11) is 2.90. The Kier molecular flexibility index (Phi) is 6.58. The van der Waals surface area contributed by atoms with E-state index in [0.717, 1.165) is 22.0 Å². The van der Waals surface area contributed by atoms with Crippen molar-refractivity contribution in [3.8, 4) is 5.75 Å². The van der Waals surface area contributed by atoms with Crippen LogP contribution in [0.4, 0.5) is 0 Å². The topological polar surface area (TPSA) is 101 Å². The normalized spacial score (nSPS) is 20.3. The summed E-state index contributed by atoms with van der Waals surface area (Å²) in [5.41, 5.74) is 1.54. The van der Waals surface area contributed by atoms with Gasteiger partial charge in [0.15, 0.2) is 0 Å². The number of fused-ring (bicyclic) bond motifs is 1. The third-order valence-corrected chi connectivity index (χ3v) is 6.45. The number of H-pyrrole nitrogens is 1. The number of ether oxygens (including phenoxy) is 2. The second kappa shape index (κ2) is 9.59. The van der Waals surface area contributed by atoms with Crippen molar-refractivity contribution in [3.05, 3.63) is 65.9 Å². The Morgan fingerprint density at radius 2 is 1.88 bits per heavy atom. The SMILES string of the molecule is COC(=O)[C@@H]1CC[C@](C)(NC(=O)Cc2c[nH]c3ccccc23)C(=O)N1Cc1ccc(OC)cc1. The Morgan fingerprint density at radius 1 is 1.15 bits per heavy atom. The monoisotopic (exact) mass is 463 g/mol. The van der Waals surface area contributed by atoms with Crippen molar-refractivity contribution in [2.75, 3.05) is 14.2 Å². The number of nitrogens with one attached hydrogen (secondary N) is 2. The van der Waals surface area contributed by atoms with E-state index in [0.29, 0.717) is 18.6 Å². The first-order chi connectivity index (χ1) is 16.3. The van der Waals surface area contributed by atoms with Gasteiger partial charge in [-0.1, -0.05) is 30.3 Å². The van der Waals surface area contributed by atoms with Gasteiger partial charge in [0.25, 0.3) is 0 Å². The van der Waals surface area contributed by atoms with Gasteiger partial charge in [0.1, 0.15) is 17.3 Å². The van der Waals surface area contributed by atoms with Gasteiger partial charge in [0.05, 0.1) is 20.6 Å². The number of esters is 1. The summed E-state index contributed by atoms with van der Waals surface area (Å²) in [4.78, 5) is 43.7. The Labute approximate surface area is 198 Å². The first-order valence-electron chi connectivity index (χ1n) is 11.2. The summed E-state index contributed by atoms with van der Waals surface area (Å²) < 4.78 is 10.2. The molecule has 1 aliphatic heterocycles. The number of carbonyl (C=O) groups excluding carboxylic acids is 3. The highest BCUT2D eigenvalue weighted by atomic mass is 16.5. The van der Waals surface area contributed by atoms with Gasteiger partial charge in [-0.15, -0.1) is 0 Å². The molecular weight excluding hydrogens is 434 g/mol. The summed E-state index contributed by atoms with van der Waals surface area (Å²) in [5.74, 6) is -0.319. The fraction of sp³-hybridized carbons (Fsp3) is 0.346. The zero-order chi connectivity index (χ0) is 24.3. The lowest BCUT2D eigenvalue weighted by atomic mass is 9.85. The van der Waals surface area contributed by atoms with Crippen molar-refractivity contribution in [2.45, 2.75) is 44.3 Å². The molecule has 0 bridgehead atoms. The number of likely N-dealkylation sites (tertiary alicyclic amines) is 1. The molecule has 3 aromatic rings. The number of rotatable bonds is 7. The molecule has 2 N–H and O–H groups in total. The molecule has 1 saturated heterocycles. The second-order valence-electron chi connectivity index (χ2n) is 8.78. The predicted molar refractivity (Wildman–Crippen MR) is 127 cm³/mol. The Hall–Kier alpha value is -3.81. The van der Waals surface area contributed by atoms with Gasteiger partial charge in [0, 0.05) is 23.6 Å². The number of para-hydroxylation sites is 1. The van der Waals surface area contributed by atoms with E-state index in [-0.39, 0.29) is 24.8 Å². The number of benzene rings is 2. The molecule has 1 aliphatic rings. The molecule has 2 heterocycles. The van der Waals surface area contributed by atoms with Crippen molar-refractivity contribution in [1.29, 1.82) is 0 Å². The number of carbonyl (C=O) groups is 3. The van der Waals surface area contributed by atoms with E-state index in [4.69, 9.17) is 9.47 Å². The summed E-state index contributed by atoms with van der Waals surface area (Å²) >= 11 is 0. The van der Waals surface area contributed by atoms with E-state index in [1.165, 1.54) is 12.0 Å². The van der Waals surface area contributed by atoms with E-state index in [1.54, 1.807) is 26.2 Å². The van der Waals surface area contributed by atoms with Crippen molar-refractivity contribution in [2.24, 2.45) is 0 Å². The van der Waals surface area contributed by atoms with Gasteiger partial charge in [-0.2, -0.15) is 0 Å². The Balaban J connectivity index is 1.52. The highest BCUT2D eigenvalue weighted by molar-refractivity contribution is 5.96. The summed E-state index contributed by atoms with van der Waals surface area (Å²) in [6.45, 7) is 1.94. The zero-order valence-corrected chi connectivity index (χ0v) is 19.6. The molecule has 1 fully saturated rings. The van der Waals surface area contributed by atoms with Gasteiger partial charge in [0.2, 0.25) is 11.8 Å². The molecule has 1 aromatic heterocycles. The van der Waals surface area contributed by atoms with E-state index in [9.17, 15) is 14.4 Å². The minimum Gasteiger partial charge on any atom is -0.497 e. The molecule has 0 radical (unpaired) electrons. The molecule has 2 atom stereocenters. The van der Waals surface area contributed by atoms with E-state index in [2.05, 4.69) is 10.3 Å². The lowest BCUT2D eigenvalue weighted by Crippen LogP contribution is -2.64. The van der Waals surface area contributed by atoms with Crippen LogP contribution < -0.4 is 10.1 Å². The average Bonchev–Trinajstić information content (AvgIpc) is 3.25. The maximum atomic E-state index is 13.6. The average molecular weight is 464 g/mol. The summed E-state index contributed by atoms with van der Waals surface area (Å²) in [5, 5.41) is 3.92. The van der Waals surface area contributed by atoms with Gasteiger partial charge in [-0.3, -0.25) is 9.59 Å². The number of hydrogen-bond donors (Lipinski definition) is 2. The predicted octanol–water partition coefficient (Wildman–Crippen LogP) is 2.96. The van der Waals surface area contributed by atoms with Crippen molar-refractivity contribution in [3.63, 3.8) is 0 Å². The first-order valence-corrected chi connectivity index (χ1v) is 11.2.